The molecule has 2 N–H and O–H groups in total. The molecule has 0 bridgehead atoms. The van der Waals surface area contributed by atoms with Gasteiger partial charge in [-0.1, -0.05) is 12.2 Å². The van der Waals surface area contributed by atoms with E-state index in [4.69, 9.17) is 10.00 Å². The molecule has 2 heterocycles. The minimum absolute atomic E-state index is 0.169. The van der Waals surface area contributed by atoms with Gasteiger partial charge in [-0.3, -0.25) is 4.99 Å². The summed E-state index contributed by atoms with van der Waals surface area (Å²) >= 11 is 0. The third-order valence-electron chi connectivity index (χ3n) is 4.18. The third kappa shape index (κ3) is 2.28. The Kier molecular flexibility index (Phi) is 3.17. The lowest BCUT2D eigenvalue weighted by atomic mass is 9.96. The van der Waals surface area contributed by atoms with E-state index in [0.717, 1.165) is 46.9 Å². The van der Waals surface area contributed by atoms with Crippen LogP contribution in [-0.4, -0.2) is 25.2 Å². The molecule has 1 aromatic carbocycles. The Morgan fingerprint density at radius 1 is 1.36 bits per heavy atom. The zero-order valence-corrected chi connectivity index (χ0v) is 12.0. The molecule has 1 aliphatic carbocycles. The van der Waals surface area contributed by atoms with Crippen LogP contribution in [0.2, 0.25) is 0 Å². The summed E-state index contributed by atoms with van der Waals surface area (Å²) in [6.45, 7) is 1.98. The van der Waals surface area contributed by atoms with Crippen molar-refractivity contribution in [1.82, 2.24) is 5.32 Å². The highest BCUT2D eigenvalue weighted by Crippen LogP contribution is 2.23. The van der Waals surface area contributed by atoms with E-state index in [1.165, 1.54) is 0 Å². The minimum atomic E-state index is -0.169. The monoisotopic (exact) mass is 292 g/mol. The van der Waals surface area contributed by atoms with Crippen molar-refractivity contribution in [3.05, 3.63) is 46.5 Å². The molecule has 0 aromatic heterocycles. The number of nitrogens with zero attached hydrogens (tertiary/aromatic N) is 2. The van der Waals surface area contributed by atoms with Gasteiger partial charge in [0.2, 0.25) is 0 Å². The second-order valence-corrected chi connectivity index (χ2v) is 5.73. The van der Waals surface area contributed by atoms with Gasteiger partial charge in [0.05, 0.1) is 17.1 Å². The number of benzene rings is 1. The standard InChI is InChI=1S/C17H16N4O/c18-10-22-15-3-1-2-11(5-15)12-4-13-7-20-17(13)16(6-12)21-14-8-19-9-14/h1-2,4-7,14-15,19,21H,3,8-9H2. The average Bonchev–Trinajstić information content (AvgIpc) is 2.45. The molecule has 1 unspecified atom stereocenters. The molecule has 1 atom stereocenters. The van der Waals surface area contributed by atoms with Crippen LogP contribution in [-0.2, 0) is 4.74 Å². The van der Waals surface area contributed by atoms with Crippen LogP contribution in [0.1, 0.15) is 12.0 Å². The number of fused-ring (bicyclic) bond motifs is 1. The summed E-state index contributed by atoms with van der Waals surface area (Å²) in [5.74, 6) is 0. The second-order valence-electron chi connectivity index (χ2n) is 5.73. The van der Waals surface area contributed by atoms with Crippen LogP contribution < -0.4 is 21.2 Å². The van der Waals surface area contributed by atoms with Crippen molar-refractivity contribution in [2.45, 2.75) is 18.6 Å². The zero-order chi connectivity index (χ0) is 14.9. The maximum atomic E-state index is 8.68. The first kappa shape index (κ1) is 13.1. The van der Waals surface area contributed by atoms with E-state index in [-0.39, 0.29) is 6.10 Å². The summed E-state index contributed by atoms with van der Waals surface area (Å²) in [7, 11) is 0. The predicted octanol–water partition coefficient (Wildman–Crippen LogP) is 0.651. The number of ether oxygens (including phenoxy) is 1. The summed E-state index contributed by atoms with van der Waals surface area (Å²) in [5.41, 5.74) is 3.30. The van der Waals surface area contributed by atoms with Crippen molar-refractivity contribution in [3.63, 3.8) is 0 Å². The van der Waals surface area contributed by atoms with Crippen LogP contribution in [0.3, 0.4) is 0 Å². The third-order valence-corrected chi connectivity index (χ3v) is 4.18. The lowest BCUT2D eigenvalue weighted by Crippen LogP contribution is -2.52. The van der Waals surface area contributed by atoms with Crippen LogP contribution in [0.5, 0.6) is 0 Å². The first-order valence-electron chi connectivity index (χ1n) is 7.46. The summed E-state index contributed by atoms with van der Waals surface area (Å²) in [6, 6.07) is 4.75. The number of anilines is 1. The molecule has 1 aromatic rings. The molecule has 5 heteroatoms. The molecule has 3 aliphatic rings. The van der Waals surface area contributed by atoms with Crippen molar-refractivity contribution in [2.75, 3.05) is 18.4 Å². The zero-order valence-electron chi connectivity index (χ0n) is 12.0. The molecular weight excluding hydrogens is 276 g/mol. The Morgan fingerprint density at radius 2 is 2.27 bits per heavy atom. The van der Waals surface area contributed by atoms with Gasteiger partial charge in [-0.25, -0.2) is 0 Å². The molecule has 110 valence electrons. The number of hydrogen-bond donors (Lipinski definition) is 2. The van der Waals surface area contributed by atoms with Gasteiger partial charge in [0.15, 0.2) is 0 Å². The first-order valence-corrected chi connectivity index (χ1v) is 7.46. The molecule has 22 heavy (non-hydrogen) atoms. The Labute approximate surface area is 128 Å². The maximum Gasteiger partial charge on any atom is 0.286 e. The van der Waals surface area contributed by atoms with Gasteiger partial charge in [0.1, 0.15) is 6.10 Å². The summed E-state index contributed by atoms with van der Waals surface area (Å²) < 4.78 is 5.05. The average molecular weight is 292 g/mol. The van der Waals surface area contributed by atoms with Crippen LogP contribution in [0, 0.1) is 11.5 Å². The SMILES string of the molecule is N#COC1C=C(c2cc(NC3CNC3)c3c(c2)=CN=3)C=CC1. The highest BCUT2D eigenvalue weighted by atomic mass is 16.5. The van der Waals surface area contributed by atoms with Crippen molar-refractivity contribution < 1.29 is 4.74 Å². The van der Waals surface area contributed by atoms with E-state index >= 15 is 0 Å². The molecular formula is C17H16N4O. The predicted molar refractivity (Wildman–Crippen MR) is 84.2 cm³/mol. The lowest BCUT2D eigenvalue weighted by Gasteiger charge is -2.29. The fourth-order valence-electron chi connectivity index (χ4n) is 2.85. The van der Waals surface area contributed by atoms with Gasteiger partial charge in [0.25, 0.3) is 6.26 Å². The summed E-state index contributed by atoms with van der Waals surface area (Å²) in [4.78, 5) is 4.36. The molecule has 0 spiro atoms. The number of nitriles is 1. The number of rotatable bonds is 4. The largest absolute Gasteiger partial charge is 0.420 e. The molecule has 2 aliphatic heterocycles. The van der Waals surface area contributed by atoms with E-state index in [1.54, 1.807) is 6.26 Å². The number of hydrogen-bond acceptors (Lipinski definition) is 5. The van der Waals surface area contributed by atoms with Gasteiger partial charge in [-0.05, 0) is 29.3 Å². The highest BCUT2D eigenvalue weighted by Gasteiger charge is 2.19. The summed E-state index contributed by atoms with van der Waals surface area (Å²) in [6.07, 6.45) is 10.4. The van der Waals surface area contributed by atoms with E-state index in [9.17, 15) is 0 Å². The summed E-state index contributed by atoms with van der Waals surface area (Å²) in [5, 5.41) is 17.7. The van der Waals surface area contributed by atoms with E-state index < -0.39 is 0 Å². The molecule has 4 rings (SSSR count). The van der Waals surface area contributed by atoms with Crippen molar-refractivity contribution in [2.24, 2.45) is 4.99 Å². The van der Waals surface area contributed by atoms with Gasteiger partial charge in [-0.15, -0.1) is 0 Å². The lowest BCUT2D eigenvalue weighted by molar-refractivity contribution is 0.208. The Morgan fingerprint density at radius 3 is 2.95 bits per heavy atom. The molecule has 0 radical (unpaired) electrons. The van der Waals surface area contributed by atoms with Crippen molar-refractivity contribution >= 4 is 17.5 Å². The molecule has 0 amide bonds. The van der Waals surface area contributed by atoms with E-state index in [0.29, 0.717) is 6.04 Å². The second kappa shape index (κ2) is 5.32. The van der Waals surface area contributed by atoms with Gasteiger partial charge in [-0.2, -0.15) is 5.26 Å². The Balaban J connectivity index is 1.68. The van der Waals surface area contributed by atoms with Crippen LogP contribution in [0.15, 0.2) is 35.4 Å². The quantitative estimate of drug-likeness (QED) is 0.800. The van der Waals surface area contributed by atoms with Crippen LogP contribution >= 0.6 is 0 Å². The maximum absolute atomic E-state index is 8.68. The van der Waals surface area contributed by atoms with Crippen LogP contribution in [0.4, 0.5) is 5.69 Å². The van der Waals surface area contributed by atoms with Gasteiger partial charge < -0.3 is 15.4 Å². The smallest absolute Gasteiger partial charge is 0.286 e. The molecule has 1 fully saturated rings. The molecule has 5 nitrogen and oxygen atoms in total. The van der Waals surface area contributed by atoms with Crippen molar-refractivity contribution in [1.29, 1.82) is 5.26 Å². The molecule has 1 saturated heterocycles. The van der Waals surface area contributed by atoms with Crippen LogP contribution in [0.25, 0.3) is 11.8 Å². The van der Waals surface area contributed by atoms with Gasteiger partial charge in [0, 0.05) is 30.9 Å². The highest BCUT2D eigenvalue weighted by molar-refractivity contribution is 5.77. The Hall–Kier alpha value is -2.58. The normalized spacial score (nSPS) is 22.0. The fraction of sp³-hybridized carbons (Fsp3) is 0.294. The minimum Gasteiger partial charge on any atom is -0.420 e. The number of nitrogens with one attached hydrogen (secondary N) is 2. The van der Waals surface area contributed by atoms with Crippen molar-refractivity contribution in [3.8, 4) is 6.26 Å². The molecule has 0 saturated carbocycles. The van der Waals surface area contributed by atoms with E-state index in [1.807, 2.05) is 18.4 Å². The Bertz CT molecular complexity index is 827. The van der Waals surface area contributed by atoms with E-state index in [2.05, 4.69) is 33.8 Å². The fourth-order valence-corrected chi connectivity index (χ4v) is 2.85. The number of allylic oxidation sites excluding steroid dienone is 2. The van der Waals surface area contributed by atoms with Gasteiger partial charge >= 0.3 is 0 Å². The topological polar surface area (TPSA) is 69.4 Å². The first-order chi connectivity index (χ1) is 10.8.